The van der Waals surface area contributed by atoms with Crippen LogP contribution in [0.5, 0.6) is 11.5 Å². The van der Waals surface area contributed by atoms with Gasteiger partial charge in [-0.1, -0.05) is 23.7 Å². The minimum absolute atomic E-state index is 0.0331. The second-order valence-corrected chi connectivity index (χ2v) is 6.00. The largest absolute Gasteiger partial charge is 0.493 e. The Morgan fingerprint density at radius 1 is 1.25 bits per heavy atom. The Morgan fingerprint density at radius 2 is 2.04 bits per heavy atom. The normalized spacial score (nSPS) is 10.8. The first-order valence-corrected chi connectivity index (χ1v) is 8.52. The fraction of sp³-hybridized carbons (Fsp3) is 0.105. The van der Waals surface area contributed by atoms with Crippen LogP contribution in [0.3, 0.4) is 0 Å². The third-order valence-electron chi connectivity index (χ3n) is 3.69. The quantitative estimate of drug-likeness (QED) is 0.465. The lowest BCUT2D eigenvalue weighted by Gasteiger charge is -2.11. The van der Waals surface area contributed by atoms with E-state index in [1.54, 1.807) is 30.3 Å². The summed E-state index contributed by atoms with van der Waals surface area (Å²) in [5.74, 6) is 0.761. The van der Waals surface area contributed by atoms with Crippen molar-refractivity contribution in [2.75, 3.05) is 12.5 Å². The Hall–Kier alpha value is -3.39. The van der Waals surface area contributed by atoms with Crippen molar-refractivity contribution in [3.05, 3.63) is 81.0 Å². The molecule has 1 heterocycles. The molecule has 144 valence electrons. The molecule has 0 atom stereocenters. The molecule has 0 fully saturated rings. The molecule has 0 aliphatic rings. The minimum Gasteiger partial charge on any atom is -0.493 e. The molecule has 0 unspecified atom stereocenters. The molecule has 0 radical (unpaired) electrons. The van der Waals surface area contributed by atoms with Crippen molar-refractivity contribution in [3.8, 4) is 11.5 Å². The molecule has 0 aliphatic heterocycles. The number of H-pyrrole nitrogens is 1. The molecule has 3 aromatic rings. The second kappa shape index (κ2) is 9.01. The Bertz CT molecular complexity index is 1040. The number of hydrazone groups is 1. The average Bonchev–Trinajstić information content (AvgIpc) is 2.71. The Kier molecular flexibility index (Phi) is 6.23. The summed E-state index contributed by atoms with van der Waals surface area (Å²) in [6.07, 6.45) is 2.89. The fourth-order valence-corrected chi connectivity index (χ4v) is 2.40. The van der Waals surface area contributed by atoms with Crippen LogP contribution in [0, 0.1) is 5.82 Å². The van der Waals surface area contributed by atoms with E-state index in [9.17, 15) is 9.18 Å². The predicted molar refractivity (Wildman–Crippen MR) is 105 cm³/mol. The van der Waals surface area contributed by atoms with Gasteiger partial charge in [-0.2, -0.15) is 10.2 Å². The van der Waals surface area contributed by atoms with Crippen LogP contribution >= 0.6 is 11.6 Å². The van der Waals surface area contributed by atoms with E-state index in [0.29, 0.717) is 11.5 Å². The van der Waals surface area contributed by atoms with E-state index in [-0.39, 0.29) is 23.1 Å². The van der Waals surface area contributed by atoms with Crippen LogP contribution in [-0.4, -0.2) is 23.5 Å². The van der Waals surface area contributed by atoms with Gasteiger partial charge in [0.2, 0.25) is 0 Å². The lowest BCUT2D eigenvalue weighted by atomic mass is 10.2. The molecule has 0 amide bonds. The number of nitrogens with one attached hydrogen (secondary N) is 2. The van der Waals surface area contributed by atoms with Gasteiger partial charge in [-0.05, 0) is 41.5 Å². The van der Waals surface area contributed by atoms with Crippen LogP contribution in [-0.2, 0) is 6.61 Å². The van der Waals surface area contributed by atoms with E-state index < -0.39 is 5.56 Å². The van der Waals surface area contributed by atoms with Gasteiger partial charge >= 0.3 is 0 Å². The maximum absolute atomic E-state index is 13.0. The number of hydrogen-bond acceptors (Lipinski definition) is 6. The third-order valence-corrected chi connectivity index (χ3v) is 4.06. The number of methoxy groups -OCH3 is 1. The molecule has 0 saturated carbocycles. The number of anilines is 1. The maximum atomic E-state index is 13.0. The number of halogens is 2. The van der Waals surface area contributed by atoms with Gasteiger partial charge in [-0.25, -0.2) is 9.49 Å². The Labute approximate surface area is 164 Å². The lowest BCUT2D eigenvalue weighted by Crippen LogP contribution is -2.10. The van der Waals surface area contributed by atoms with E-state index in [2.05, 4.69) is 20.7 Å². The van der Waals surface area contributed by atoms with Crippen molar-refractivity contribution in [3.63, 3.8) is 0 Å². The van der Waals surface area contributed by atoms with Crippen molar-refractivity contribution in [1.82, 2.24) is 10.2 Å². The standard InChI is InChI=1S/C19H16ClFN4O3/c1-27-17-8-13(9-22-24-15-10-23-25-19(26)18(15)20)4-7-16(17)28-11-12-2-5-14(21)6-3-12/h2-10H,11H2,1H3,(H2,24,25,26)/b22-9+. The molecule has 28 heavy (non-hydrogen) atoms. The number of nitrogens with zero attached hydrogens (tertiary/aromatic N) is 2. The minimum atomic E-state index is -0.508. The van der Waals surface area contributed by atoms with Crippen molar-refractivity contribution in [1.29, 1.82) is 0 Å². The van der Waals surface area contributed by atoms with Crippen molar-refractivity contribution >= 4 is 23.5 Å². The maximum Gasteiger partial charge on any atom is 0.285 e. The summed E-state index contributed by atoms with van der Waals surface area (Å²) in [6, 6.07) is 11.3. The van der Waals surface area contributed by atoms with E-state index >= 15 is 0 Å². The summed E-state index contributed by atoms with van der Waals surface area (Å²) >= 11 is 5.86. The summed E-state index contributed by atoms with van der Waals surface area (Å²) in [6.45, 7) is 0.277. The molecule has 0 spiro atoms. The molecule has 7 nitrogen and oxygen atoms in total. The second-order valence-electron chi connectivity index (χ2n) is 5.62. The van der Waals surface area contributed by atoms with E-state index in [1.807, 2.05) is 0 Å². The number of aromatic nitrogens is 2. The number of ether oxygens (including phenoxy) is 2. The van der Waals surface area contributed by atoms with Gasteiger partial charge in [-0.3, -0.25) is 10.2 Å². The third kappa shape index (κ3) is 4.86. The molecule has 1 aromatic heterocycles. The molecule has 0 bridgehead atoms. The number of benzene rings is 2. The topological polar surface area (TPSA) is 88.6 Å². The van der Waals surface area contributed by atoms with Crippen molar-refractivity contribution in [2.24, 2.45) is 5.10 Å². The molecule has 0 saturated heterocycles. The van der Waals surface area contributed by atoms with Crippen LogP contribution in [0.4, 0.5) is 10.1 Å². The Balaban J connectivity index is 1.67. The monoisotopic (exact) mass is 402 g/mol. The highest BCUT2D eigenvalue weighted by Crippen LogP contribution is 2.28. The first kappa shape index (κ1) is 19.4. The summed E-state index contributed by atoms with van der Waals surface area (Å²) in [4.78, 5) is 11.4. The zero-order valence-electron chi connectivity index (χ0n) is 14.8. The highest BCUT2D eigenvalue weighted by molar-refractivity contribution is 6.32. The SMILES string of the molecule is COc1cc(/C=N/Nc2cn[nH]c(=O)c2Cl)ccc1OCc1ccc(F)cc1. The van der Waals surface area contributed by atoms with Crippen LogP contribution in [0.2, 0.25) is 5.02 Å². The summed E-state index contributed by atoms with van der Waals surface area (Å²) in [7, 11) is 1.53. The van der Waals surface area contributed by atoms with Gasteiger partial charge in [0.25, 0.3) is 5.56 Å². The summed E-state index contributed by atoms with van der Waals surface area (Å²) in [5.41, 5.74) is 4.00. The van der Waals surface area contributed by atoms with Gasteiger partial charge < -0.3 is 9.47 Å². The molecule has 3 rings (SSSR count). The van der Waals surface area contributed by atoms with Gasteiger partial charge in [0, 0.05) is 0 Å². The molecule has 0 aliphatic carbocycles. The van der Waals surface area contributed by atoms with Gasteiger partial charge in [0.05, 0.1) is 19.5 Å². The predicted octanol–water partition coefficient (Wildman–Crippen LogP) is 3.60. The zero-order valence-corrected chi connectivity index (χ0v) is 15.5. The molecular weight excluding hydrogens is 387 g/mol. The molecule has 2 aromatic carbocycles. The molecular formula is C19H16ClFN4O3. The lowest BCUT2D eigenvalue weighted by molar-refractivity contribution is 0.284. The zero-order chi connectivity index (χ0) is 19.9. The molecule has 9 heteroatoms. The van der Waals surface area contributed by atoms with Crippen molar-refractivity contribution < 1.29 is 13.9 Å². The smallest absolute Gasteiger partial charge is 0.285 e. The van der Waals surface area contributed by atoms with Gasteiger partial charge in [0.1, 0.15) is 23.1 Å². The summed E-state index contributed by atoms with van der Waals surface area (Å²) in [5, 5.41) is 9.87. The first-order valence-electron chi connectivity index (χ1n) is 8.14. The van der Waals surface area contributed by atoms with Gasteiger partial charge in [-0.15, -0.1) is 0 Å². The number of hydrogen-bond donors (Lipinski definition) is 2. The average molecular weight is 403 g/mol. The highest BCUT2D eigenvalue weighted by atomic mass is 35.5. The van der Waals surface area contributed by atoms with Crippen LogP contribution in [0.1, 0.15) is 11.1 Å². The van der Waals surface area contributed by atoms with E-state index in [4.69, 9.17) is 21.1 Å². The number of rotatable bonds is 7. The molecule has 2 N–H and O–H groups in total. The summed E-state index contributed by atoms with van der Waals surface area (Å²) < 4.78 is 24.0. The van der Waals surface area contributed by atoms with Gasteiger partial charge in [0.15, 0.2) is 11.5 Å². The van der Waals surface area contributed by atoms with Crippen molar-refractivity contribution in [2.45, 2.75) is 6.61 Å². The van der Waals surface area contributed by atoms with Crippen LogP contribution in [0.25, 0.3) is 0 Å². The van der Waals surface area contributed by atoms with Crippen LogP contribution < -0.4 is 20.5 Å². The van der Waals surface area contributed by atoms with E-state index in [0.717, 1.165) is 11.1 Å². The highest BCUT2D eigenvalue weighted by Gasteiger charge is 2.06. The fourth-order valence-electron chi connectivity index (χ4n) is 2.26. The van der Waals surface area contributed by atoms with Crippen LogP contribution in [0.15, 0.2) is 58.6 Å². The first-order chi connectivity index (χ1) is 13.6. The number of aromatic amines is 1. The van der Waals surface area contributed by atoms with E-state index in [1.165, 1.54) is 31.7 Å². The Morgan fingerprint density at radius 3 is 2.79 bits per heavy atom.